The van der Waals surface area contributed by atoms with Crippen LogP contribution < -0.4 is 10.5 Å². The number of imidazole rings is 1. The monoisotopic (exact) mass is 402 g/mol. The van der Waals surface area contributed by atoms with E-state index in [-0.39, 0.29) is 16.6 Å². The molecule has 0 saturated heterocycles. The number of nitrogens with zero attached hydrogens (tertiary/aromatic N) is 2. The van der Waals surface area contributed by atoms with Crippen molar-refractivity contribution in [2.75, 3.05) is 11.1 Å². The first-order valence-electron chi connectivity index (χ1n) is 7.97. The Labute approximate surface area is 161 Å². The van der Waals surface area contributed by atoms with E-state index in [4.69, 9.17) is 5.14 Å². The van der Waals surface area contributed by atoms with Gasteiger partial charge in [-0.2, -0.15) is 0 Å². The molecule has 3 N–H and O–H groups in total. The number of anilines is 1. The second-order valence-electron chi connectivity index (χ2n) is 5.76. The second kappa shape index (κ2) is 7.95. The first-order valence-corrected chi connectivity index (χ1v) is 10.5. The highest BCUT2D eigenvalue weighted by molar-refractivity contribution is 7.99. The lowest BCUT2D eigenvalue weighted by atomic mass is 10.2. The van der Waals surface area contributed by atoms with Gasteiger partial charge >= 0.3 is 0 Å². The van der Waals surface area contributed by atoms with Gasteiger partial charge in [-0.1, -0.05) is 48.2 Å². The quantitative estimate of drug-likeness (QED) is 0.616. The van der Waals surface area contributed by atoms with Crippen LogP contribution in [0.15, 0.2) is 70.8 Å². The molecule has 3 rings (SSSR count). The summed E-state index contributed by atoms with van der Waals surface area (Å²) in [6.07, 6.45) is 1.77. The second-order valence-corrected chi connectivity index (χ2v) is 8.26. The van der Waals surface area contributed by atoms with Gasteiger partial charge in [0.1, 0.15) is 0 Å². The first kappa shape index (κ1) is 19.2. The predicted molar refractivity (Wildman–Crippen MR) is 106 cm³/mol. The molecule has 1 heterocycles. The van der Waals surface area contributed by atoms with E-state index < -0.39 is 10.0 Å². The number of primary sulfonamides is 1. The molecule has 0 saturated carbocycles. The third-order valence-electron chi connectivity index (χ3n) is 3.79. The number of aromatic nitrogens is 2. The molecule has 140 valence electrons. The van der Waals surface area contributed by atoms with Crippen molar-refractivity contribution in [1.29, 1.82) is 0 Å². The minimum Gasteiger partial charge on any atom is -0.325 e. The number of carbonyl (C=O) groups is 1. The topological polar surface area (TPSA) is 107 Å². The van der Waals surface area contributed by atoms with Gasteiger partial charge in [-0.25, -0.2) is 18.5 Å². The molecule has 0 bridgehead atoms. The first-order chi connectivity index (χ1) is 12.8. The largest absolute Gasteiger partial charge is 0.325 e. The van der Waals surface area contributed by atoms with Gasteiger partial charge in [-0.3, -0.25) is 4.79 Å². The van der Waals surface area contributed by atoms with Gasteiger partial charge in [-0.05, 0) is 23.8 Å². The van der Waals surface area contributed by atoms with Crippen molar-refractivity contribution in [3.05, 3.63) is 60.8 Å². The van der Waals surface area contributed by atoms with E-state index in [1.165, 1.54) is 30.0 Å². The Balaban J connectivity index is 1.64. The average molecular weight is 403 g/mol. The van der Waals surface area contributed by atoms with E-state index in [9.17, 15) is 13.2 Å². The van der Waals surface area contributed by atoms with E-state index in [0.717, 1.165) is 11.3 Å². The highest BCUT2D eigenvalue weighted by atomic mass is 32.2. The third-order valence-corrected chi connectivity index (χ3v) is 5.75. The van der Waals surface area contributed by atoms with Crippen LogP contribution in [0.3, 0.4) is 0 Å². The molecule has 0 radical (unpaired) electrons. The number of amides is 1. The molecule has 0 unspecified atom stereocenters. The van der Waals surface area contributed by atoms with Crippen LogP contribution in [0.25, 0.3) is 11.3 Å². The number of hydrogen-bond donors (Lipinski definition) is 2. The molecule has 2 aromatic carbocycles. The van der Waals surface area contributed by atoms with Crippen molar-refractivity contribution in [2.45, 2.75) is 10.1 Å². The third kappa shape index (κ3) is 4.76. The molecule has 0 spiro atoms. The van der Waals surface area contributed by atoms with Crippen molar-refractivity contribution < 1.29 is 13.2 Å². The van der Waals surface area contributed by atoms with E-state index in [1.807, 2.05) is 41.9 Å². The minimum absolute atomic E-state index is 0.0513. The van der Waals surface area contributed by atoms with E-state index >= 15 is 0 Å². The zero-order chi connectivity index (χ0) is 19.4. The maximum atomic E-state index is 12.2. The zero-order valence-electron chi connectivity index (χ0n) is 14.5. The molecule has 0 aliphatic rings. The summed E-state index contributed by atoms with van der Waals surface area (Å²) in [7, 11) is -1.92. The van der Waals surface area contributed by atoms with Crippen molar-refractivity contribution in [2.24, 2.45) is 12.2 Å². The molecule has 9 heteroatoms. The van der Waals surface area contributed by atoms with Crippen LogP contribution in [0.4, 0.5) is 5.69 Å². The Hall–Kier alpha value is -2.62. The fourth-order valence-electron chi connectivity index (χ4n) is 2.48. The summed E-state index contributed by atoms with van der Waals surface area (Å²) in [6.45, 7) is 0. The number of nitrogens with two attached hydrogens (primary N) is 1. The fourth-order valence-corrected chi connectivity index (χ4v) is 3.79. The normalized spacial score (nSPS) is 11.3. The van der Waals surface area contributed by atoms with Gasteiger partial charge in [0.2, 0.25) is 15.9 Å². The highest BCUT2D eigenvalue weighted by Crippen LogP contribution is 2.24. The van der Waals surface area contributed by atoms with Crippen molar-refractivity contribution in [3.8, 4) is 11.3 Å². The van der Waals surface area contributed by atoms with Crippen molar-refractivity contribution >= 4 is 33.4 Å². The summed E-state index contributed by atoms with van der Waals surface area (Å²) < 4.78 is 24.7. The summed E-state index contributed by atoms with van der Waals surface area (Å²) in [6, 6.07) is 15.7. The Bertz CT molecular complexity index is 1060. The van der Waals surface area contributed by atoms with Crippen LogP contribution in [0.5, 0.6) is 0 Å². The summed E-state index contributed by atoms with van der Waals surface area (Å²) in [4.78, 5) is 16.5. The van der Waals surface area contributed by atoms with Crippen LogP contribution in [0, 0.1) is 0 Å². The summed E-state index contributed by atoms with van der Waals surface area (Å²) in [5.41, 5.74) is 2.37. The average Bonchev–Trinajstić information content (AvgIpc) is 3.01. The molecule has 7 nitrogen and oxygen atoms in total. The van der Waals surface area contributed by atoms with Crippen LogP contribution in [-0.2, 0) is 21.9 Å². The van der Waals surface area contributed by atoms with E-state index in [0.29, 0.717) is 10.8 Å². The lowest BCUT2D eigenvalue weighted by Gasteiger charge is -2.08. The molecule has 0 atom stereocenters. The standard InChI is InChI=1S/C18H18N4O3S2/c1-22-16(13-6-3-2-4-7-13)11-20-18(22)26-12-17(23)21-14-8-5-9-15(10-14)27(19,24)25/h2-11H,12H2,1H3,(H,21,23)(H2,19,24,25). The van der Waals surface area contributed by atoms with Crippen LogP contribution in [-0.4, -0.2) is 29.6 Å². The van der Waals surface area contributed by atoms with Gasteiger partial charge in [0.25, 0.3) is 0 Å². The Morgan fingerprint density at radius 3 is 2.63 bits per heavy atom. The maximum Gasteiger partial charge on any atom is 0.238 e. The fraction of sp³-hybridized carbons (Fsp3) is 0.111. The SMILES string of the molecule is Cn1c(-c2ccccc2)cnc1SCC(=O)Nc1cccc(S(N)(=O)=O)c1. The number of nitrogens with one attached hydrogen (secondary N) is 1. The number of thioether (sulfide) groups is 1. The van der Waals surface area contributed by atoms with Gasteiger partial charge < -0.3 is 9.88 Å². The molecular formula is C18H18N4O3S2. The Morgan fingerprint density at radius 2 is 1.93 bits per heavy atom. The summed E-state index contributed by atoms with van der Waals surface area (Å²) >= 11 is 1.30. The summed E-state index contributed by atoms with van der Waals surface area (Å²) in [5.74, 6) is -0.130. The van der Waals surface area contributed by atoms with Crippen LogP contribution in [0.1, 0.15) is 0 Å². The van der Waals surface area contributed by atoms with Gasteiger partial charge in [-0.15, -0.1) is 0 Å². The Morgan fingerprint density at radius 1 is 1.19 bits per heavy atom. The molecular weight excluding hydrogens is 384 g/mol. The molecule has 1 amide bonds. The van der Waals surface area contributed by atoms with Gasteiger partial charge in [0, 0.05) is 12.7 Å². The van der Waals surface area contributed by atoms with Gasteiger partial charge in [0.15, 0.2) is 5.16 Å². The number of rotatable bonds is 6. The zero-order valence-corrected chi connectivity index (χ0v) is 16.1. The van der Waals surface area contributed by atoms with Crippen molar-refractivity contribution in [3.63, 3.8) is 0 Å². The van der Waals surface area contributed by atoms with Crippen molar-refractivity contribution in [1.82, 2.24) is 9.55 Å². The number of hydrogen-bond acceptors (Lipinski definition) is 5. The smallest absolute Gasteiger partial charge is 0.238 e. The number of benzene rings is 2. The van der Waals surface area contributed by atoms with Gasteiger partial charge in [0.05, 0.1) is 22.5 Å². The highest BCUT2D eigenvalue weighted by Gasteiger charge is 2.12. The molecule has 0 aliphatic carbocycles. The predicted octanol–water partition coefficient (Wildman–Crippen LogP) is 2.47. The molecule has 3 aromatic rings. The molecule has 0 aliphatic heterocycles. The Kier molecular flexibility index (Phi) is 5.64. The summed E-state index contributed by atoms with van der Waals surface area (Å²) in [5, 5.41) is 8.48. The molecule has 1 aromatic heterocycles. The maximum absolute atomic E-state index is 12.2. The van der Waals surface area contributed by atoms with E-state index in [1.54, 1.807) is 12.3 Å². The number of carbonyl (C=O) groups excluding carboxylic acids is 1. The lowest BCUT2D eigenvalue weighted by Crippen LogP contribution is -2.16. The number of sulfonamides is 1. The minimum atomic E-state index is -3.82. The van der Waals surface area contributed by atoms with Crippen LogP contribution >= 0.6 is 11.8 Å². The van der Waals surface area contributed by atoms with E-state index in [2.05, 4.69) is 10.3 Å². The molecule has 0 fully saturated rings. The molecule has 27 heavy (non-hydrogen) atoms. The lowest BCUT2D eigenvalue weighted by molar-refractivity contribution is -0.113. The van der Waals surface area contributed by atoms with Crippen LogP contribution in [0.2, 0.25) is 0 Å².